The third-order valence-electron chi connectivity index (χ3n) is 4.23. The number of ether oxygens (including phenoxy) is 3. The van der Waals surface area contributed by atoms with Gasteiger partial charge in [0.2, 0.25) is 0 Å². The lowest BCUT2D eigenvalue weighted by molar-refractivity contribution is -0.315. The van der Waals surface area contributed by atoms with Gasteiger partial charge in [-0.15, -0.1) is 0 Å². The van der Waals surface area contributed by atoms with Crippen LogP contribution in [0.3, 0.4) is 0 Å². The van der Waals surface area contributed by atoms with Crippen molar-refractivity contribution in [3.63, 3.8) is 0 Å². The Bertz CT molecular complexity index is 387. The topological polar surface area (TPSA) is 207 Å². The van der Waals surface area contributed by atoms with E-state index in [1.165, 1.54) is 0 Å². The molecule has 23 heavy (non-hydrogen) atoms. The molecule has 2 heterocycles. The van der Waals surface area contributed by atoms with Gasteiger partial charge in [-0.1, -0.05) is 0 Å². The summed E-state index contributed by atoms with van der Waals surface area (Å²) in [5.41, 5.74) is 17.2. The molecule has 2 saturated heterocycles. The fraction of sp³-hybridized carbons (Fsp3) is 1.00. The van der Waals surface area contributed by atoms with Crippen LogP contribution >= 0.6 is 0 Å². The number of hydrogen-bond donors (Lipinski definition) is 8. The molecular weight excluding hydrogens is 314 g/mol. The number of rotatable bonds is 4. The molecule has 11 heteroatoms. The number of hydrogen-bond acceptors (Lipinski definition) is 11. The van der Waals surface area contributed by atoms with Crippen LogP contribution in [0.4, 0.5) is 0 Å². The first-order chi connectivity index (χ1) is 10.8. The van der Waals surface area contributed by atoms with Crippen molar-refractivity contribution in [3.05, 3.63) is 0 Å². The van der Waals surface area contributed by atoms with Crippen molar-refractivity contribution in [2.24, 2.45) is 17.2 Å². The molecule has 2 aliphatic rings. The number of aliphatic hydroxyl groups excluding tert-OH is 5. The van der Waals surface area contributed by atoms with Gasteiger partial charge in [0.25, 0.3) is 0 Å². The van der Waals surface area contributed by atoms with Crippen LogP contribution in [0.1, 0.15) is 0 Å². The van der Waals surface area contributed by atoms with Crippen LogP contribution in [0.25, 0.3) is 0 Å². The second-order valence-corrected chi connectivity index (χ2v) is 5.79. The molecule has 0 radical (unpaired) electrons. The molecule has 0 unspecified atom stereocenters. The highest BCUT2D eigenvalue weighted by Gasteiger charge is 2.48. The molecule has 2 fully saturated rings. The van der Waals surface area contributed by atoms with Gasteiger partial charge in [0.15, 0.2) is 12.6 Å². The zero-order valence-electron chi connectivity index (χ0n) is 12.4. The maximum Gasteiger partial charge on any atom is 0.175 e. The third-order valence-corrected chi connectivity index (χ3v) is 4.23. The minimum atomic E-state index is -1.46. The highest BCUT2D eigenvalue weighted by Crippen LogP contribution is 2.26. The molecule has 136 valence electrons. The Labute approximate surface area is 132 Å². The van der Waals surface area contributed by atoms with Gasteiger partial charge in [0.1, 0.15) is 24.4 Å². The number of aliphatic hydroxyl groups is 5. The molecule has 0 aromatic carbocycles. The van der Waals surface area contributed by atoms with E-state index < -0.39 is 74.4 Å². The van der Waals surface area contributed by atoms with E-state index >= 15 is 0 Å². The predicted octanol–water partition coefficient (Wildman–Crippen LogP) is -5.50. The molecular formula is C12H25N3O8. The molecule has 0 spiro atoms. The van der Waals surface area contributed by atoms with E-state index in [4.69, 9.17) is 31.4 Å². The molecule has 0 aliphatic carbocycles. The van der Waals surface area contributed by atoms with Crippen molar-refractivity contribution in [3.8, 4) is 0 Å². The van der Waals surface area contributed by atoms with Crippen molar-refractivity contribution in [1.29, 1.82) is 0 Å². The second kappa shape index (κ2) is 7.63. The quantitative estimate of drug-likeness (QED) is 0.242. The minimum Gasteiger partial charge on any atom is -0.394 e. The highest BCUT2D eigenvalue weighted by atomic mass is 16.7. The monoisotopic (exact) mass is 339 g/mol. The van der Waals surface area contributed by atoms with Crippen LogP contribution in [-0.2, 0) is 14.2 Å². The van der Waals surface area contributed by atoms with E-state index in [0.717, 1.165) is 0 Å². The van der Waals surface area contributed by atoms with Gasteiger partial charge in [-0.2, -0.15) is 0 Å². The summed E-state index contributed by atoms with van der Waals surface area (Å²) in [6.07, 6.45) is -8.39. The van der Waals surface area contributed by atoms with Gasteiger partial charge in [0, 0.05) is 0 Å². The van der Waals surface area contributed by atoms with E-state index in [-0.39, 0.29) is 0 Å². The average molecular weight is 339 g/mol. The fourth-order valence-electron chi connectivity index (χ4n) is 2.70. The van der Waals surface area contributed by atoms with Crippen LogP contribution in [-0.4, -0.2) is 100.0 Å². The van der Waals surface area contributed by atoms with Gasteiger partial charge >= 0.3 is 0 Å². The molecule has 0 aromatic heterocycles. The summed E-state index contributed by atoms with van der Waals surface area (Å²) >= 11 is 0. The Morgan fingerprint density at radius 1 is 0.783 bits per heavy atom. The van der Waals surface area contributed by atoms with Crippen LogP contribution in [0.15, 0.2) is 0 Å². The van der Waals surface area contributed by atoms with E-state index in [2.05, 4.69) is 0 Å². The smallest absolute Gasteiger partial charge is 0.175 e. The molecule has 0 bridgehead atoms. The van der Waals surface area contributed by atoms with Crippen molar-refractivity contribution >= 4 is 0 Å². The minimum absolute atomic E-state index is 0.507. The van der Waals surface area contributed by atoms with E-state index in [1.807, 2.05) is 0 Å². The normalized spacial score (nSPS) is 51.7. The van der Waals surface area contributed by atoms with E-state index in [1.54, 1.807) is 0 Å². The van der Waals surface area contributed by atoms with E-state index in [0.29, 0.717) is 0 Å². The Kier molecular flexibility index (Phi) is 6.27. The van der Waals surface area contributed by atoms with Gasteiger partial charge in [-0.25, -0.2) is 0 Å². The SMILES string of the molecule is N[C@@H]1[C@@H](N)[C@H](O[C@H]2[C@H](O)[C@@H](N)[C@H](O)O[C@@H]2CO)O[C@H](CO)[C@H]1O. The summed E-state index contributed by atoms with van der Waals surface area (Å²) in [5, 5.41) is 48.1. The van der Waals surface area contributed by atoms with Gasteiger partial charge in [-0.3, -0.25) is 0 Å². The van der Waals surface area contributed by atoms with Crippen molar-refractivity contribution in [1.82, 2.24) is 0 Å². The van der Waals surface area contributed by atoms with E-state index in [9.17, 15) is 25.5 Å². The first-order valence-corrected chi connectivity index (χ1v) is 7.30. The molecule has 2 rings (SSSR count). The van der Waals surface area contributed by atoms with Crippen molar-refractivity contribution < 1.29 is 39.7 Å². The second-order valence-electron chi connectivity index (χ2n) is 5.79. The Morgan fingerprint density at radius 2 is 1.39 bits per heavy atom. The summed E-state index contributed by atoms with van der Waals surface area (Å²) in [6, 6.07) is -3.04. The van der Waals surface area contributed by atoms with Crippen LogP contribution < -0.4 is 17.2 Å². The first-order valence-electron chi connectivity index (χ1n) is 7.30. The van der Waals surface area contributed by atoms with Gasteiger partial charge in [0.05, 0.1) is 37.4 Å². The summed E-state index contributed by atoms with van der Waals surface area (Å²) < 4.78 is 16.0. The predicted molar refractivity (Wildman–Crippen MR) is 74.5 cm³/mol. The number of nitrogens with two attached hydrogens (primary N) is 3. The lowest BCUT2D eigenvalue weighted by atomic mass is 9.94. The summed E-state index contributed by atoms with van der Waals surface area (Å²) in [4.78, 5) is 0. The zero-order valence-corrected chi connectivity index (χ0v) is 12.4. The highest BCUT2D eigenvalue weighted by molar-refractivity contribution is 4.97. The van der Waals surface area contributed by atoms with Crippen LogP contribution in [0, 0.1) is 0 Å². The summed E-state index contributed by atoms with van der Waals surface area (Å²) in [5.74, 6) is 0. The molecule has 0 saturated carbocycles. The largest absolute Gasteiger partial charge is 0.394 e. The molecule has 2 aliphatic heterocycles. The van der Waals surface area contributed by atoms with Crippen LogP contribution in [0.2, 0.25) is 0 Å². The van der Waals surface area contributed by atoms with Crippen molar-refractivity contribution in [2.45, 2.75) is 61.2 Å². The lowest BCUT2D eigenvalue weighted by Gasteiger charge is -2.46. The first kappa shape index (κ1) is 18.9. The Hall–Kier alpha value is -0.440. The van der Waals surface area contributed by atoms with Gasteiger partial charge in [-0.05, 0) is 0 Å². The van der Waals surface area contributed by atoms with Crippen LogP contribution in [0.5, 0.6) is 0 Å². The zero-order chi connectivity index (χ0) is 17.3. The third kappa shape index (κ3) is 3.65. The van der Waals surface area contributed by atoms with Crippen molar-refractivity contribution in [2.75, 3.05) is 13.2 Å². The molecule has 11 nitrogen and oxygen atoms in total. The average Bonchev–Trinajstić information content (AvgIpc) is 2.55. The lowest BCUT2D eigenvalue weighted by Crippen LogP contribution is -2.69. The molecule has 10 atom stereocenters. The maximum atomic E-state index is 10.1. The maximum absolute atomic E-state index is 10.1. The standard InChI is InChI=1S/C12H25N3O8/c13-5-6(14)12(22-3(1-16)8(5)18)23-10-4(2-17)21-11(20)7(15)9(10)19/h3-12,16-20H,1-2,13-15H2/t3-,4-,5-,6-,7-,8-,9-,10-,11-,12+/m1/s1. The molecule has 0 amide bonds. The Morgan fingerprint density at radius 3 is 1.96 bits per heavy atom. The fourth-order valence-corrected chi connectivity index (χ4v) is 2.70. The summed E-state index contributed by atoms with van der Waals surface area (Å²) in [7, 11) is 0. The molecule has 11 N–H and O–H groups in total. The molecule has 0 aromatic rings. The van der Waals surface area contributed by atoms with Gasteiger partial charge < -0.3 is 56.9 Å². The summed E-state index contributed by atoms with van der Waals surface area (Å²) in [6.45, 7) is -1.06. The Balaban J connectivity index is 2.11.